The second-order valence-corrected chi connectivity index (χ2v) is 4.28. The van der Waals surface area contributed by atoms with Crippen molar-refractivity contribution in [3.05, 3.63) is 53.9 Å². The largest absolute Gasteiger partial charge is 0.482 e. The van der Waals surface area contributed by atoms with Crippen LogP contribution in [-0.2, 0) is 18.4 Å². The minimum absolute atomic E-state index is 0.108. The van der Waals surface area contributed by atoms with Crippen LogP contribution in [0.1, 0.15) is 11.3 Å². The summed E-state index contributed by atoms with van der Waals surface area (Å²) in [7, 11) is 1.92. The van der Waals surface area contributed by atoms with Gasteiger partial charge in [-0.05, 0) is 24.3 Å². The molecule has 1 aromatic carbocycles. The minimum atomic E-state index is -0.223. The third-order valence-electron chi connectivity index (χ3n) is 2.88. The number of aryl methyl sites for hydroxylation is 1. The van der Waals surface area contributed by atoms with E-state index >= 15 is 0 Å². The molecule has 0 spiro atoms. The second kappa shape index (κ2) is 6.43. The molecule has 0 bridgehead atoms. The highest BCUT2D eigenvalue weighted by atomic mass is 16.5. The van der Waals surface area contributed by atoms with Crippen molar-refractivity contribution in [3.8, 4) is 11.8 Å². The summed E-state index contributed by atoms with van der Waals surface area (Å²) in [5, 5.41) is 11.7. The lowest BCUT2D eigenvalue weighted by molar-refractivity contribution is -0.123. The van der Waals surface area contributed by atoms with E-state index in [2.05, 4.69) is 5.32 Å². The fraction of sp³-hybridized carbons (Fsp3) is 0.200. The number of benzene rings is 1. The smallest absolute Gasteiger partial charge is 0.258 e. The third kappa shape index (κ3) is 3.39. The number of ether oxygens (including phenoxy) is 1. The molecule has 0 atom stereocenters. The van der Waals surface area contributed by atoms with E-state index in [0.717, 1.165) is 5.69 Å². The SMILES string of the molecule is Cn1cccc1CNC(=O)COc1ccccc1C#N. The molecule has 0 saturated heterocycles. The number of carbonyl (C=O) groups is 1. The van der Waals surface area contributed by atoms with Gasteiger partial charge in [-0.25, -0.2) is 0 Å². The van der Waals surface area contributed by atoms with E-state index in [9.17, 15) is 4.79 Å². The van der Waals surface area contributed by atoms with Gasteiger partial charge in [-0.3, -0.25) is 4.79 Å². The van der Waals surface area contributed by atoms with E-state index in [0.29, 0.717) is 17.9 Å². The maximum absolute atomic E-state index is 11.7. The third-order valence-corrected chi connectivity index (χ3v) is 2.88. The number of nitrogens with one attached hydrogen (secondary N) is 1. The summed E-state index contributed by atoms with van der Waals surface area (Å²) >= 11 is 0. The molecule has 2 rings (SSSR count). The zero-order valence-electron chi connectivity index (χ0n) is 11.2. The summed E-state index contributed by atoms with van der Waals surface area (Å²) in [5.74, 6) is 0.197. The van der Waals surface area contributed by atoms with Gasteiger partial charge in [0.1, 0.15) is 11.8 Å². The Morgan fingerprint density at radius 3 is 2.85 bits per heavy atom. The van der Waals surface area contributed by atoms with Crippen molar-refractivity contribution in [2.45, 2.75) is 6.54 Å². The Labute approximate surface area is 117 Å². The molecular weight excluding hydrogens is 254 g/mol. The van der Waals surface area contributed by atoms with Crippen molar-refractivity contribution in [2.24, 2.45) is 7.05 Å². The zero-order valence-corrected chi connectivity index (χ0v) is 11.2. The van der Waals surface area contributed by atoms with Crippen molar-refractivity contribution < 1.29 is 9.53 Å². The molecule has 1 heterocycles. The summed E-state index contributed by atoms with van der Waals surface area (Å²) in [5.41, 5.74) is 1.43. The van der Waals surface area contributed by atoms with Gasteiger partial charge in [0.25, 0.3) is 5.91 Å². The Hall–Kier alpha value is -2.74. The van der Waals surface area contributed by atoms with Gasteiger partial charge < -0.3 is 14.6 Å². The van der Waals surface area contributed by atoms with Crippen molar-refractivity contribution in [3.63, 3.8) is 0 Å². The van der Waals surface area contributed by atoms with Crippen LogP contribution in [0.25, 0.3) is 0 Å². The number of amides is 1. The van der Waals surface area contributed by atoms with Gasteiger partial charge in [0, 0.05) is 18.9 Å². The highest BCUT2D eigenvalue weighted by Crippen LogP contribution is 2.16. The van der Waals surface area contributed by atoms with Gasteiger partial charge in [0.05, 0.1) is 12.1 Å². The molecule has 20 heavy (non-hydrogen) atoms. The summed E-state index contributed by atoms with van der Waals surface area (Å²) in [4.78, 5) is 11.7. The Balaban J connectivity index is 1.84. The van der Waals surface area contributed by atoms with Gasteiger partial charge in [0.2, 0.25) is 0 Å². The summed E-state index contributed by atoms with van der Waals surface area (Å²) in [6, 6.07) is 12.7. The molecule has 5 nitrogen and oxygen atoms in total. The van der Waals surface area contributed by atoms with E-state index in [1.165, 1.54) is 0 Å². The Morgan fingerprint density at radius 1 is 1.35 bits per heavy atom. The summed E-state index contributed by atoms with van der Waals surface area (Å²) in [6.45, 7) is 0.342. The average molecular weight is 269 g/mol. The predicted molar refractivity (Wildman–Crippen MR) is 73.9 cm³/mol. The number of aromatic nitrogens is 1. The van der Waals surface area contributed by atoms with Crippen LogP contribution in [0.15, 0.2) is 42.6 Å². The molecule has 0 aliphatic rings. The number of carbonyl (C=O) groups excluding carboxylic acids is 1. The fourth-order valence-electron chi connectivity index (χ4n) is 1.75. The molecule has 0 fully saturated rings. The van der Waals surface area contributed by atoms with Gasteiger partial charge in [0.15, 0.2) is 6.61 Å². The molecule has 1 amide bonds. The van der Waals surface area contributed by atoms with Crippen LogP contribution >= 0.6 is 0 Å². The lowest BCUT2D eigenvalue weighted by atomic mass is 10.2. The summed E-state index contributed by atoms with van der Waals surface area (Å²) < 4.78 is 7.29. The highest BCUT2D eigenvalue weighted by molar-refractivity contribution is 5.77. The topological polar surface area (TPSA) is 67.1 Å². The van der Waals surface area contributed by atoms with Crippen molar-refractivity contribution in [1.29, 1.82) is 5.26 Å². The molecule has 0 radical (unpaired) electrons. The normalized spacial score (nSPS) is 9.80. The van der Waals surface area contributed by atoms with E-state index in [1.807, 2.05) is 36.0 Å². The molecule has 0 aliphatic carbocycles. The van der Waals surface area contributed by atoms with Crippen LogP contribution in [0.3, 0.4) is 0 Å². The quantitative estimate of drug-likeness (QED) is 0.896. The summed E-state index contributed by atoms with van der Waals surface area (Å²) in [6.07, 6.45) is 1.92. The first-order valence-electron chi connectivity index (χ1n) is 6.19. The first-order chi connectivity index (χ1) is 9.70. The fourth-order valence-corrected chi connectivity index (χ4v) is 1.75. The molecule has 1 aromatic heterocycles. The lowest BCUT2D eigenvalue weighted by Crippen LogP contribution is -2.29. The first kappa shape index (κ1) is 13.7. The first-order valence-corrected chi connectivity index (χ1v) is 6.19. The molecule has 5 heteroatoms. The van der Waals surface area contributed by atoms with Crippen molar-refractivity contribution in [1.82, 2.24) is 9.88 Å². The molecule has 0 aliphatic heterocycles. The van der Waals surface area contributed by atoms with Gasteiger partial charge >= 0.3 is 0 Å². The van der Waals surface area contributed by atoms with Crippen LogP contribution in [0.4, 0.5) is 0 Å². The van der Waals surface area contributed by atoms with Gasteiger partial charge in [-0.2, -0.15) is 5.26 Å². The molecular formula is C15H15N3O2. The van der Waals surface area contributed by atoms with Crippen LogP contribution in [0.5, 0.6) is 5.75 Å². The molecule has 0 saturated carbocycles. The monoisotopic (exact) mass is 269 g/mol. The van der Waals surface area contributed by atoms with Gasteiger partial charge in [-0.1, -0.05) is 12.1 Å². The molecule has 0 unspecified atom stereocenters. The maximum Gasteiger partial charge on any atom is 0.258 e. The van der Waals surface area contributed by atoms with E-state index in [4.69, 9.17) is 10.00 Å². The Kier molecular flexibility index (Phi) is 4.40. The van der Waals surface area contributed by atoms with E-state index in [1.54, 1.807) is 24.3 Å². The second-order valence-electron chi connectivity index (χ2n) is 4.28. The number of nitriles is 1. The number of rotatable bonds is 5. The lowest BCUT2D eigenvalue weighted by Gasteiger charge is -2.09. The van der Waals surface area contributed by atoms with E-state index in [-0.39, 0.29) is 12.5 Å². The van der Waals surface area contributed by atoms with Gasteiger partial charge in [-0.15, -0.1) is 0 Å². The van der Waals surface area contributed by atoms with Crippen LogP contribution in [0.2, 0.25) is 0 Å². The average Bonchev–Trinajstić information content (AvgIpc) is 2.88. The standard InChI is InChI=1S/C15H15N3O2/c1-18-8-4-6-13(18)10-17-15(19)11-20-14-7-3-2-5-12(14)9-16/h2-8H,10-11H2,1H3,(H,17,19). The van der Waals surface area contributed by atoms with Crippen LogP contribution < -0.4 is 10.1 Å². The Morgan fingerprint density at radius 2 is 2.15 bits per heavy atom. The molecule has 2 aromatic rings. The number of nitrogens with zero attached hydrogens (tertiary/aromatic N) is 2. The van der Waals surface area contributed by atoms with E-state index < -0.39 is 0 Å². The van der Waals surface area contributed by atoms with Crippen molar-refractivity contribution in [2.75, 3.05) is 6.61 Å². The molecule has 102 valence electrons. The van der Waals surface area contributed by atoms with Crippen LogP contribution in [0, 0.1) is 11.3 Å². The predicted octanol–water partition coefficient (Wildman–Crippen LogP) is 1.59. The zero-order chi connectivity index (χ0) is 14.4. The molecule has 1 N–H and O–H groups in total. The minimum Gasteiger partial charge on any atom is -0.482 e. The Bertz CT molecular complexity index is 641. The number of hydrogen-bond acceptors (Lipinski definition) is 3. The van der Waals surface area contributed by atoms with Crippen molar-refractivity contribution >= 4 is 5.91 Å². The van der Waals surface area contributed by atoms with Crippen LogP contribution in [-0.4, -0.2) is 17.1 Å². The highest BCUT2D eigenvalue weighted by Gasteiger charge is 2.06. The number of hydrogen-bond donors (Lipinski definition) is 1. The maximum atomic E-state index is 11.7. The number of para-hydroxylation sites is 1.